The SMILES string of the molecule is CCCNC(=O)Nc1ccccc1N(C)C. The van der Waals surface area contributed by atoms with E-state index in [9.17, 15) is 4.79 Å². The van der Waals surface area contributed by atoms with E-state index in [-0.39, 0.29) is 6.03 Å². The van der Waals surface area contributed by atoms with Crippen LogP contribution in [0.4, 0.5) is 16.2 Å². The molecule has 0 heterocycles. The van der Waals surface area contributed by atoms with Gasteiger partial charge in [0.25, 0.3) is 0 Å². The summed E-state index contributed by atoms with van der Waals surface area (Å²) in [6.07, 6.45) is 0.933. The first-order valence-corrected chi connectivity index (χ1v) is 5.46. The van der Waals surface area contributed by atoms with Gasteiger partial charge in [0.2, 0.25) is 0 Å². The Morgan fingerprint density at radius 1 is 1.31 bits per heavy atom. The van der Waals surface area contributed by atoms with Crippen LogP contribution in [0.1, 0.15) is 13.3 Å². The van der Waals surface area contributed by atoms with E-state index < -0.39 is 0 Å². The Bertz CT molecular complexity index is 350. The number of nitrogens with one attached hydrogen (secondary N) is 2. The van der Waals surface area contributed by atoms with Crippen LogP contribution in [0.3, 0.4) is 0 Å². The molecule has 0 unspecified atom stereocenters. The molecule has 0 aliphatic rings. The van der Waals surface area contributed by atoms with Crippen molar-refractivity contribution in [2.75, 3.05) is 30.9 Å². The molecule has 0 saturated carbocycles. The lowest BCUT2D eigenvalue weighted by Gasteiger charge is -2.17. The Morgan fingerprint density at radius 3 is 2.62 bits per heavy atom. The number of para-hydroxylation sites is 2. The fourth-order valence-corrected chi connectivity index (χ4v) is 1.37. The summed E-state index contributed by atoms with van der Waals surface area (Å²) in [5.41, 5.74) is 1.82. The van der Waals surface area contributed by atoms with Crippen molar-refractivity contribution in [2.45, 2.75) is 13.3 Å². The van der Waals surface area contributed by atoms with Gasteiger partial charge in [-0.2, -0.15) is 0 Å². The zero-order chi connectivity index (χ0) is 12.0. The van der Waals surface area contributed by atoms with Crippen LogP contribution in [0.5, 0.6) is 0 Å². The number of anilines is 2. The average molecular weight is 221 g/mol. The number of carbonyl (C=O) groups excluding carboxylic acids is 1. The van der Waals surface area contributed by atoms with Crippen LogP contribution in [-0.4, -0.2) is 26.7 Å². The fraction of sp³-hybridized carbons (Fsp3) is 0.417. The van der Waals surface area contributed by atoms with E-state index in [1.807, 2.05) is 50.2 Å². The minimum Gasteiger partial charge on any atom is -0.376 e. The molecule has 4 heteroatoms. The Kier molecular flexibility index (Phi) is 4.64. The van der Waals surface area contributed by atoms with Gasteiger partial charge in [0.1, 0.15) is 0 Å². The molecule has 2 N–H and O–H groups in total. The largest absolute Gasteiger partial charge is 0.376 e. The monoisotopic (exact) mass is 221 g/mol. The van der Waals surface area contributed by atoms with Crippen molar-refractivity contribution < 1.29 is 4.79 Å². The van der Waals surface area contributed by atoms with E-state index in [1.54, 1.807) is 0 Å². The number of nitrogens with zero attached hydrogens (tertiary/aromatic N) is 1. The van der Waals surface area contributed by atoms with Gasteiger partial charge in [-0.25, -0.2) is 4.79 Å². The van der Waals surface area contributed by atoms with Crippen molar-refractivity contribution in [1.29, 1.82) is 0 Å². The van der Waals surface area contributed by atoms with Gasteiger partial charge in [-0.3, -0.25) is 0 Å². The van der Waals surface area contributed by atoms with Gasteiger partial charge in [0.05, 0.1) is 11.4 Å². The summed E-state index contributed by atoms with van der Waals surface area (Å²) in [5, 5.41) is 5.61. The molecule has 4 nitrogen and oxygen atoms in total. The summed E-state index contributed by atoms with van der Waals surface area (Å²) in [6, 6.07) is 7.56. The maximum absolute atomic E-state index is 11.5. The maximum Gasteiger partial charge on any atom is 0.319 e. The predicted molar refractivity (Wildman–Crippen MR) is 68.1 cm³/mol. The van der Waals surface area contributed by atoms with E-state index in [2.05, 4.69) is 10.6 Å². The van der Waals surface area contributed by atoms with E-state index in [0.717, 1.165) is 17.8 Å². The molecule has 88 valence electrons. The van der Waals surface area contributed by atoms with E-state index in [1.165, 1.54) is 0 Å². The number of benzene rings is 1. The number of urea groups is 1. The highest BCUT2D eigenvalue weighted by molar-refractivity contribution is 5.93. The van der Waals surface area contributed by atoms with Crippen molar-refractivity contribution >= 4 is 17.4 Å². The standard InChI is InChI=1S/C12H19N3O/c1-4-9-13-12(16)14-10-7-5-6-8-11(10)15(2)3/h5-8H,4,9H2,1-3H3,(H2,13,14,16). The molecule has 0 fully saturated rings. The smallest absolute Gasteiger partial charge is 0.319 e. The Morgan fingerprint density at radius 2 is 2.00 bits per heavy atom. The first-order valence-electron chi connectivity index (χ1n) is 5.46. The molecule has 0 aliphatic heterocycles. The van der Waals surface area contributed by atoms with Crippen molar-refractivity contribution in [3.8, 4) is 0 Å². The molecule has 0 atom stereocenters. The van der Waals surface area contributed by atoms with Gasteiger partial charge < -0.3 is 15.5 Å². The molecule has 1 aromatic rings. The summed E-state index contributed by atoms with van der Waals surface area (Å²) in [4.78, 5) is 13.5. The van der Waals surface area contributed by atoms with Crippen molar-refractivity contribution in [1.82, 2.24) is 5.32 Å². The molecule has 1 aromatic carbocycles. The first kappa shape index (κ1) is 12.4. The lowest BCUT2D eigenvalue weighted by molar-refractivity contribution is 0.252. The molecule has 0 aromatic heterocycles. The highest BCUT2D eigenvalue weighted by atomic mass is 16.2. The predicted octanol–water partition coefficient (Wildman–Crippen LogP) is 2.28. The van der Waals surface area contributed by atoms with E-state index in [4.69, 9.17) is 0 Å². The highest BCUT2D eigenvalue weighted by Gasteiger charge is 2.06. The summed E-state index contributed by atoms with van der Waals surface area (Å²) in [6.45, 7) is 2.71. The molecule has 0 bridgehead atoms. The summed E-state index contributed by atoms with van der Waals surface area (Å²) >= 11 is 0. The van der Waals surface area contributed by atoms with Gasteiger partial charge in [0.15, 0.2) is 0 Å². The summed E-state index contributed by atoms with van der Waals surface area (Å²) in [7, 11) is 3.90. The van der Waals surface area contributed by atoms with Crippen molar-refractivity contribution in [3.63, 3.8) is 0 Å². The number of hydrogen-bond acceptors (Lipinski definition) is 2. The molecule has 0 saturated heterocycles. The fourth-order valence-electron chi connectivity index (χ4n) is 1.37. The molecule has 2 amide bonds. The summed E-state index contributed by atoms with van der Waals surface area (Å²) < 4.78 is 0. The number of carbonyl (C=O) groups is 1. The van der Waals surface area contributed by atoms with Crippen LogP contribution in [-0.2, 0) is 0 Å². The first-order chi connectivity index (χ1) is 7.65. The lowest BCUT2D eigenvalue weighted by Crippen LogP contribution is -2.29. The Labute approximate surface area is 96.6 Å². The second-order valence-electron chi connectivity index (χ2n) is 3.79. The zero-order valence-corrected chi connectivity index (χ0v) is 10.1. The minimum atomic E-state index is -0.156. The zero-order valence-electron chi connectivity index (χ0n) is 10.1. The second-order valence-corrected chi connectivity index (χ2v) is 3.79. The number of hydrogen-bond donors (Lipinski definition) is 2. The van der Waals surface area contributed by atoms with Crippen LogP contribution >= 0.6 is 0 Å². The van der Waals surface area contributed by atoms with Gasteiger partial charge in [-0.15, -0.1) is 0 Å². The van der Waals surface area contributed by atoms with E-state index >= 15 is 0 Å². The van der Waals surface area contributed by atoms with Gasteiger partial charge in [-0.05, 0) is 18.6 Å². The third-order valence-corrected chi connectivity index (χ3v) is 2.17. The molecular formula is C12H19N3O. The second kappa shape index (κ2) is 6.00. The average Bonchev–Trinajstić information content (AvgIpc) is 2.27. The molecule has 1 rings (SSSR count). The number of amides is 2. The quantitative estimate of drug-likeness (QED) is 0.819. The van der Waals surface area contributed by atoms with Crippen LogP contribution in [0, 0.1) is 0 Å². The lowest BCUT2D eigenvalue weighted by atomic mass is 10.2. The van der Waals surface area contributed by atoms with Crippen LogP contribution in [0.15, 0.2) is 24.3 Å². The molecule has 0 spiro atoms. The third kappa shape index (κ3) is 3.46. The molecule has 16 heavy (non-hydrogen) atoms. The number of rotatable bonds is 4. The van der Waals surface area contributed by atoms with Crippen LogP contribution in [0.25, 0.3) is 0 Å². The third-order valence-electron chi connectivity index (χ3n) is 2.17. The van der Waals surface area contributed by atoms with Gasteiger partial charge in [0, 0.05) is 20.6 Å². The van der Waals surface area contributed by atoms with Crippen molar-refractivity contribution in [2.24, 2.45) is 0 Å². The Hall–Kier alpha value is -1.71. The van der Waals surface area contributed by atoms with Gasteiger partial charge >= 0.3 is 6.03 Å². The minimum absolute atomic E-state index is 0.156. The molecule has 0 aliphatic carbocycles. The highest BCUT2D eigenvalue weighted by Crippen LogP contribution is 2.22. The normalized spacial score (nSPS) is 9.69. The summed E-state index contributed by atoms with van der Waals surface area (Å²) in [5.74, 6) is 0. The topological polar surface area (TPSA) is 44.4 Å². The van der Waals surface area contributed by atoms with Crippen molar-refractivity contribution in [3.05, 3.63) is 24.3 Å². The van der Waals surface area contributed by atoms with Gasteiger partial charge in [-0.1, -0.05) is 19.1 Å². The van der Waals surface area contributed by atoms with Crippen LogP contribution < -0.4 is 15.5 Å². The molecular weight excluding hydrogens is 202 g/mol. The van der Waals surface area contributed by atoms with E-state index in [0.29, 0.717) is 6.54 Å². The van der Waals surface area contributed by atoms with Crippen LogP contribution in [0.2, 0.25) is 0 Å². The Balaban J connectivity index is 2.69. The molecule has 0 radical (unpaired) electrons. The maximum atomic E-state index is 11.5.